The molecule has 7 aliphatic rings. The minimum atomic E-state index is 0.250. The van der Waals surface area contributed by atoms with E-state index in [1.165, 1.54) is 82.9 Å². The molecule has 2 aromatic heterocycles. The maximum Gasteiger partial charge on any atom is 0.122 e. The van der Waals surface area contributed by atoms with Crippen molar-refractivity contribution < 1.29 is 18.9 Å². The maximum atomic E-state index is 5.60. The Kier molecular flexibility index (Phi) is 29.7. The summed E-state index contributed by atoms with van der Waals surface area (Å²) in [7, 11) is 0. The first-order valence-corrected chi connectivity index (χ1v) is 32.9. The summed E-state index contributed by atoms with van der Waals surface area (Å²) in [5, 5.41) is 31.2. The molecule has 15 rings (SSSR count). The zero-order valence-electron chi connectivity index (χ0n) is 51.4. The lowest BCUT2D eigenvalue weighted by molar-refractivity contribution is 0.00758. The second kappa shape index (κ2) is 39.6. The van der Waals surface area contributed by atoms with Gasteiger partial charge in [-0.25, -0.2) is 4.98 Å². The summed E-state index contributed by atoms with van der Waals surface area (Å²) in [4.78, 5) is 5.86. The van der Waals surface area contributed by atoms with E-state index in [0.29, 0.717) is 24.1 Å². The lowest BCUT2D eigenvalue weighted by Crippen LogP contribution is -2.48. The van der Waals surface area contributed by atoms with Crippen molar-refractivity contribution in [1.82, 2.24) is 57.0 Å². The molecule has 6 saturated heterocycles. The van der Waals surface area contributed by atoms with Crippen LogP contribution in [0.2, 0.25) is 0 Å². The van der Waals surface area contributed by atoms with Crippen LogP contribution >= 0.6 is 11.8 Å². The van der Waals surface area contributed by atoms with Gasteiger partial charge in [0, 0.05) is 98.6 Å². The van der Waals surface area contributed by atoms with E-state index in [4.69, 9.17) is 18.9 Å². The predicted molar refractivity (Wildman–Crippen MR) is 357 cm³/mol. The van der Waals surface area contributed by atoms with Gasteiger partial charge >= 0.3 is 0 Å². The highest BCUT2D eigenvalue weighted by Crippen LogP contribution is 2.28. The predicted octanol–water partition coefficient (Wildman–Crippen LogP) is 10.2. The lowest BCUT2D eigenvalue weighted by atomic mass is 9.95. The fourth-order valence-corrected chi connectivity index (χ4v) is 12.2. The molecular formula is C72H95N11O4S. The number of H-pyrrole nitrogens is 1. The summed E-state index contributed by atoms with van der Waals surface area (Å²) in [5.74, 6) is 1.87. The summed E-state index contributed by atoms with van der Waals surface area (Å²) in [5.41, 5.74) is 9.13. The standard InChI is InChI=1S/C13H15N3.C11H15NS.4C10H13NO.C8H13N3/c1-2-4-11(5-3-1)8-12-9-15-13-10-14-6-7-16(12)13;1-2-4-10(5-3-1)13-11-6-8-12-9-7-11;1-2-4-9(5-3-1)8-12-10-6-11-7-10;2*1-2-4-9(5-3-1)10-8-12-7-6-11-10;1-2-4-9(5-3-1)10-8-11-6-7-12-10;1-4-9-5-2-7(1)8-3-6-10-11-8/h1-5,9,14H,6-8,10H2;1-5,11-12H,6-9H2;4*1-5,10-11H,6-8H2;3,6-7,9H,1-2,4-5H2,(H,10,11)/t;;;3*10-;/m...100./s1. The van der Waals surface area contributed by atoms with E-state index in [2.05, 4.69) is 196 Å². The topological polar surface area (TPSA) is 168 Å². The van der Waals surface area contributed by atoms with Crippen LogP contribution in [0, 0.1) is 0 Å². The van der Waals surface area contributed by atoms with Gasteiger partial charge in [-0.15, -0.1) is 11.8 Å². The van der Waals surface area contributed by atoms with E-state index in [1.807, 2.05) is 72.7 Å². The molecule has 16 heteroatoms. The average Bonchev–Trinajstić information content (AvgIpc) is 4.48. The normalized spacial score (nSPS) is 20.1. The van der Waals surface area contributed by atoms with Gasteiger partial charge < -0.3 is 60.7 Å². The van der Waals surface area contributed by atoms with E-state index in [9.17, 15) is 0 Å². The number of thioether (sulfide) groups is 1. The summed E-state index contributed by atoms with van der Waals surface area (Å²) in [6.45, 7) is 18.3. The van der Waals surface area contributed by atoms with Crippen LogP contribution < -0.4 is 37.2 Å². The number of nitrogens with zero attached hydrogens (tertiary/aromatic N) is 3. The highest BCUT2D eigenvalue weighted by atomic mass is 32.2. The number of nitrogens with one attached hydrogen (secondary N) is 8. The van der Waals surface area contributed by atoms with Crippen molar-refractivity contribution >= 4 is 11.8 Å². The Morgan fingerprint density at radius 2 is 1.07 bits per heavy atom. The minimum absolute atomic E-state index is 0.250. The van der Waals surface area contributed by atoms with Gasteiger partial charge in [0.15, 0.2) is 0 Å². The van der Waals surface area contributed by atoms with Gasteiger partial charge in [0.05, 0.1) is 70.5 Å². The van der Waals surface area contributed by atoms with Crippen LogP contribution in [0.5, 0.6) is 0 Å². The van der Waals surface area contributed by atoms with Gasteiger partial charge in [-0.3, -0.25) is 5.10 Å². The third-order valence-corrected chi connectivity index (χ3v) is 17.4. The quantitative estimate of drug-likeness (QED) is 0.0616. The van der Waals surface area contributed by atoms with E-state index < -0.39 is 0 Å². The summed E-state index contributed by atoms with van der Waals surface area (Å²) >= 11 is 2.02. The fourth-order valence-electron chi connectivity index (χ4n) is 11.0. The molecule has 9 heterocycles. The zero-order chi connectivity index (χ0) is 60.1. The molecule has 8 aromatic rings. The van der Waals surface area contributed by atoms with Crippen LogP contribution in [0.25, 0.3) is 0 Å². The summed E-state index contributed by atoms with van der Waals surface area (Å²) in [6, 6.07) is 65.6. The molecule has 0 unspecified atom stereocenters. The van der Waals surface area contributed by atoms with Crippen LogP contribution in [0.1, 0.15) is 94.8 Å². The average molecular weight is 1210 g/mol. The number of imidazole rings is 1. The Bertz CT molecular complexity index is 2850. The second-order valence-electron chi connectivity index (χ2n) is 22.6. The molecule has 3 atom stereocenters. The van der Waals surface area contributed by atoms with E-state index in [-0.39, 0.29) is 6.10 Å². The molecule has 15 nitrogen and oxygen atoms in total. The van der Waals surface area contributed by atoms with Gasteiger partial charge in [0.25, 0.3) is 0 Å². The summed E-state index contributed by atoms with van der Waals surface area (Å²) < 4.78 is 24.3. The number of morpholine rings is 3. The molecule has 0 saturated carbocycles. The van der Waals surface area contributed by atoms with Gasteiger partial charge in [-0.1, -0.05) is 170 Å². The molecule has 8 N–H and O–H groups in total. The first-order valence-electron chi connectivity index (χ1n) is 32.1. The van der Waals surface area contributed by atoms with Crippen LogP contribution in [0.4, 0.5) is 0 Å². The number of hydrogen-bond acceptors (Lipinski definition) is 14. The molecular weight excluding hydrogens is 1110 g/mol. The molecule has 0 spiro atoms. The Morgan fingerprint density at radius 3 is 1.59 bits per heavy atom. The number of rotatable bonds is 11. The molecule has 0 amide bonds. The molecule has 6 fully saturated rings. The largest absolute Gasteiger partial charge is 0.378 e. The molecule has 0 bridgehead atoms. The Morgan fingerprint density at radius 1 is 0.511 bits per heavy atom. The maximum absolute atomic E-state index is 5.60. The van der Waals surface area contributed by atoms with Gasteiger partial charge in [0.1, 0.15) is 5.82 Å². The number of hydrogen-bond donors (Lipinski definition) is 8. The van der Waals surface area contributed by atoms with Gasteiger partial charge in [-0.05, 0) is 97.9 Å². The molecule has 88 heavy (non-hydrogen) atoms. The van der Waals surface area contributed by atoms with Crippen LogP contribution in [0.3, 0.4) is 0 Å². The SMILES string of the molecule is c1cc(C2CCNCC2)[nH]n1.c1ccc(COC2CNC2)cc1.c1ccc(Cc2cnc3n2CCNC3)cc1.c1ccc(SC2CCNCC2)cc1.c1ccc([C@@H]2CNCCO2)cc1.c1ccc([C@@H]2COCCN2)cc1.c1ccc([C@H]2COCCN2)cc1. The highest BCUT2D eigenvalue weighted by Gasteiger charge is 2.20. The molecule has 7 aliphatic heterocycles. The van der Waals surface area contributed by atoms with Crippen LogP contribution in [0.15, 0.2) is 205 Å². The molecule has 0 radical (unpaired) electrons. The second-order valence-corrected chi connectivity index (χ2v) is 24.0. The molecule has 6 aromatic carbocycles. The zero-order valence-corrected chi connectivity index (χ0v) is 52.2. The van der Waals surface area contributed by atoms with Crippen LogP contribution in [-0.2, 0) is 45.1 Å². The van der Waals surface area contributed by atoms with E-state index >= 15 is 0 Å². The van der Waals surface area contributed by atoms with Crippen molar-refractivity contribution in [3.63, 3.8) is 0 Å². The number of aromatic amines is 1. The van der Waals surface area contributed by atoms with Crippen molar-refractivity contribution in [3.05, 3.63) is 245 Å². The van der Waals surface area contributed by atoms with Crippen molar-refractivity contribution in [3.8, 4) is 0 Å². The highest BCUT2D eigenvalue weighted by molar-refractivity contribution is 8.00. The Labute approximate surface area is 527 Å². The van der Waals surface area contributed by atoms with E-state index in [1.54, 1.807) is 0 Å². The third kappa shape index (κ3) is 23.9. The van der Waals surface area contributed by atoms with Crippen molar-refractivity contribution in [2.24, 2.45) is 0 Å². The Hall–Kier alpha value is -6.35. The molecule has 468 valence electrons. The van der Waals surface area contributed by atoms with Gasteiger partial charge in [0.2, 0.25) is 0 Å². The third-order valence-electron chi connectivity index (χ3n) is 16.1. The minimum Gasteiger partial charge on any atom is -0.378 e. The van der Waals surface area contributed by atoms with Crippen molar-refractivity contribution in [2.75, 3.05) is 105 Å². The fraction of sp³-hybridized carbons (Fsp3) is 0.417. The lowest BCUT2D eigenvalue weighted by Gasteiger charge is -2.27. The summed E-state index contributed by atoms with van der Waals surface area (Å²) in [6.07, 6.45) is 10.6. The Balaban J connectivity index is 0.000000123. The number of piperidine rings is 2. The smallest absolute Gasteiger partial charge is 0.122 e. The number of fused-ring (bicyclic) bond motifs is 1. The first kappa shape index (κ1) is 66.1. The van der Waals surface area contributed by atoms with Crippen molar-refractivity contribution in [2.45, 2.75) is 92.2 Å². The number of benzene rings is 6. The first-order chi connectivity index (χ1) is 43.7. The monoisotopic (exact) mass is 1210 g/mol. The number of aromatic nitrogens is 4. The van der Waals surface area contributed by atoms with Crippen LogP contribution in [-0.4, -0.2) is 136 Å². The molecule has 0 aliphatic carbocycles. The van der Waals surface area contributed by atoms with Crippen molar-refractivity contribution in [1.29, 1.82) is 0 Å². The number of ether oxygens (including phenoxy) is 4. The van der Waals surface area contributed by atoms with Gasteiger partial charge in [-0.2, -0.15) is 5.10 Å². The van der Waals surface area contributed by atoms with E-state index in [0.717, 1.165) is 129 Å².